The minimum Gasteiger partial charge on any atom is -0.315 e. The van der Waals surface area contributed by atoms with Gasteiger partial charge >= 0.3 is 0 Å². The first kappa shape index (κ1) is 37.1. The molecule has 0 bridgehead atoms. The van der Waals surface area contributed by atoms with E-state index in [0.29, 0.717) is 0 Å². The Morgan fingerprint density at radius 3 is 1.25 bits per heavy atom. The van der Waals surface area contributed by atoms with E-state index in [9.17, 15) is 0 Å². The summed E-state index contributed by atoms with van der Waals surface area (Å²) in [5, 5.41) is 0. The second-order valence-corrected chi connectivity index (χ2v) is 13.1. The van der Waals surface area contributed by atoms with Crippen molar-refractivity contribution < 1.29 is 9.05 Å². The number of hydrogen-bond donors (Lipinski definition) is 0. The van der Waals surface area contributed by atoms with Crippen LogP contribution in [0.1, 0.15) is 187 Å². The summed E-state index contributed by atoms with van der Waals surface area (Å²) >= 11 is 0. The van der Waals surface area contributed by atoms with Gasteiger partial charge in [0.25, 0.3) is 0 Å². The highest BCUT2D eigenvalue weighted by molar-refractivity contribution is 4.96. The Balaban J connectivity index is 2.94. The van der Waals surface area contributed by atoms with Gasteiger partial charge in [0.15, 0.2) is 12.7 Å². The van der Waals surface area contributed by atoms with Crippen molar-refractivity contribution in [2.75, 3.05) is 19.6 Å². The quantitative estimate of drug-likeness (QED) is 0.0502. The van der Waals surface area contributed by atoms with E-state index in [1.165, 1.54) is 191 Å². The molecule has 234 valence electrons. The second-order valence-electron chi connectivity index (χ2n) is 13.1. The molecule has 0 aliphatic heterocycles. The molecule has 0 unspecified atom stereocenters. The molecule has 0 spiro atoms. The Morgan fingerprint density at radius 2 is 0.825 bits per heavy atom. The first-order chi connectivity index (χ1) is 19.7. The predicted octanol–water partition coefficient (Wildman–Crippen LogP) is 11.7. The second kappa shape index (κ2) is 27.0. The fraction of sp³-hybridized carbons (Fsp3) is 0.868. The Hall–Kier alpha value is -0.890. The van der Waals surface area contributed by atoms with Crippen LogP contribution in [0.2, 0.25) is 0 Å². The maximum absolute atomic E-state index is 2.64. The van der Waals surface area contributed by atoms with Crippen LogP contribution < -0.4 is 4.57 Å². The third-order valence-electron chi connectivity index (χ3n) is 9.24. The molecule has 0 aromatic carbocycles. The number of nitrogens with zero attached hydrogens (tertiary/aromatic N) is 2. The Morgan fingerprint density at radius 1 is 0.450 bits per heavy atom. The van der Waals surface area contributed by atoms with E-state index < -0.39 is 0 Å². The average molecular weight is 559 g/mol. The van der Waals surface area contributed by atoms with Crippen LogP contribution in [0.5, 0.6) is 0 Å². The topological polar surface area (TPSA) is 3.88 Å². The summed E-state index contributed by atoms with van der Waals surface area (Å²) < 4.78 is 3.98. The Bertz CT molecular complexity index is 614. The molecule has 1 heterocycles. The molecular formula is C38H74N2+2. The van der Waals surface area contributed by atoms with Crippen LogP contribution in [-0.2, 0) is 13.1 Å². The third-order valence-corrected chi connectivity index (χ3v) is 9.24. The van der Waals surface area contributed by atoms with E-state index in [-0.39, 0.29) is 0 Å². The molecule has 0 fully saturated rings. The van der Waals surface area contributed by atoms with Crippen LogP contribution in [0, 0.1) is 0 Å². The molecule has 2 nitrogen and oxygen atoms in total. The average Bonchev–Trinajstić information content (AvgIpc) is 2.97. The molecule has 40 heavy (non-hydrogen) atoms. The molecule has 0 amide bonds. The van der Waals surface area contributed by atoms with Crippen LogP contribution >= 0.6 is 0 Å². The highest BCUT2D eigenvalue weighted by atomic mass is 15.4. The predicted molar refractivity (Wildman–Crippen MR) is 179 cm³/mol. The monoisotopic (exact) mass is 559 g/mol. The number of aryl methyl sites for hydroxylation is 1. The van der Waals surface area contributed by atoms with Gasteiger partial charge in [0, 0.05) is 18.6 Å². The molecule has 0 aliphatic carbocycles. The third kappa shape index (κ3) is 19.3. The lowest BCUT2D eigenvalue weighted by molar-refractivity contribution is -0.949. The summed E-state index contributed by atoms with van der Waals surface area (Å²) in [4.78, 5) is 0. The Kier molecular flexibility index (Phi) is 25.0. The number of unbranched alkanes of at least 4 members (excludes halogenated alkanes) is 20. The molecule has 1 aromatic heterocycles. The number of pyridine rings is 1. The van der Waals surface area contributed by atoms with E-state index in [0.717, 1.165) is 0 Å². The van der Waals surface area contributed by atoms with Gasteiger partial charge in [0.1, 0.15) is 6.54 Å². The van der Waals surface area contributed by atoms with Crippen molar-refractivity contribution in [3.8, 4) is 0 Å². The largest absolute Gasteiger partial charge is 0.315 e. The number of rotatable bonds is 30. The first-order valence-electron chi connectivity index (χ1n) is 18.5. The van der Waals surface area contributed by atoms with Crippen LogP contribution in [0.15, 0.2) is 24.4 Å². The standard InChI is InChI=1S/C38H74N2/c1-5-9-13-17-21-26-32-39-33-27-25-31-38(39)37-40(34-28-22-18-14-10-6-2,35-29-23-19-15-11-7-3)36-30-24-20-16-12-8-4/h25,27,31,33H,5-24,26,28-30,32,34-37H2,1-4H3/q+2. The van der Waals surface area contributed by atoms with Crippen molar-refractivity contribution in [3.63, 3.8) is 0 Å². The zero-order valence-corrected chi connectivity index (χ0v) is 28.2. The van der Waals surface area contributed by atoms with Crippen LogP contribution in [-0.4, -0.2) is 24.1 Å². The lowest BCUT2D eigenvalue weighted by atomic mass is 10.1. The van der Waals surface area contributed by atoms with E-state index in [1.807, 2.05) is 0 Å². The molecule has 0 aliphatic rings. The van der Waals surface area contributed by atoms with Crippen LogP contribution in [0.4, 0.5) is 0 Å². The van der Waals surface area contributed by atoms with Crippen LogP contribution in [0.25, 0.3) is 0 Å². The molecule has 0 saturated carbocycles. The van der Waals surface area contributed by atoms with Gasteiger partial charge in [0.05, 0.1) is 19.6 Å². The van der Waals surface area contributed by atoms with Gasteiger partial charge in [0.2, 0.25) is 5.69 Å². The fourth-order valence-corrected chi connectivity index (χ4v) is 6.53. The van der Waals surface area contributed by atoms with Crippen molar-refractivity contribution in [2.24, 2.45) is 0 Å². The van der Waals surface area contributed by atoms with Gasteiger partial charge in [-0.1, -0.05) is 130 Å². The highest BCUT2D eigenvalue weighted by Gasteiger charge is 2.30. The zero-order chi connectivity index (χ0) is 29.0. The minimum absolute atomic E-state index is 1.20. The smallest absolute Gasteiger partial charge is 0.236 e. The summed E-state index contributed by atoms with van der Waals surface area (Å²) in [5.74, 6) is 0. The summed E-state index contributed by atoms with van der Waals surface area (Å²) in [6, 6.07) is 7.04. The van der Waals surface area contributed by atoms with Crippen LogP contribution in [0.3, 0.4) is 0 Å². The Labute approximate surface area is 253 Å². The van der Waals surface area contributed by atoms with Crippen molar-refractivity contribution >= 4 is 0 Å². The lowest BCUT2D eigenvalue weighted by Gasteiger charge is -2.38. The maximum atomic E-state index is 2.64. The van der Waals surface area contributed by atoms with Crippen molar-refractivity contribution in [1.29, 1.82) is 0 Å². The first-order valence-corrected chi connectivity index (χ1v) is 18.5. The van der Waals surface area contributed by atoms with Gasteiger partial charge < -0.3 is 4.48 Å². The van der Waals surface area contributed by atoms with Gasteiger partial charge in [-0.2, -0.15) is 4.57 Å². The molecule has 1 aromatic rings. The number of hydrogen-bond acceptors (Lipinski definition) is 0. The molecule has 1 rings (SSSR count). The van der Waals surface area contributed by atoms with E-state index in [4.69, 9.17) is 0 Å². The SMILES string of the molecule is CCCCCCCC[n+]1ccccc1C[N+](CCCCCCCC)(CCCCCCCC)CCCCCCCC. The van der Waals surface area contributed by atoms with E-state index in [2.05, 4.69) is 56.7 Å². The van der Waals surface area contributed by atoms with Gasteiger partial charge in [-0.3, -0.25) is 0 Å². The van der Waals surface area contributed by atoms with Crippen molar-refractivity contribution in [3.05, 3.63) is 30.1 Å². The fourth-order valence-electron chi connectivity index (χ4n) is 6.53. The molecule has 0 saturated heterocycles. The summed E-state index contributed by atoms with van der Waals surface area (Å²) in [6.07, 6.45) is 36.1. The zero-order valence-electron chi connectivity index (χ0n) is 28.2. The summed E-state index contributed by atoms with van der Waals surface area (Å²) in [6.45, 7) is 15.9. The van der Waals surface area contributed by atoms with Gasteiger partial charge in [-0.25, -0.2) is 0 Å². The summed E-state index contributed by atoms with van der Waals surface area (Å²) in [5.41, 5.74) is 1.60. The maximum Gasteiger partial charge on any atom is 0.236 e. The van der Waals surface area contributed by atoms with E-state index in [1.54, 1.807) is 5.69 Å². The minimum atomic E-state index is 1.20. The van der Waals surface area contributed by atoms with E-state index >= 15 is 0 Å². The van der Waals surface area contributed by atoms with Gasteiger partial charge in [-0.15, -0.1) is 0 Å². The highest BCUT2D eigenvalue weighted by Crippen LogP contribution is 2.22. The molecule has 0 N–H and O–H groups in total. The van der Waals surface area contributed by atoms with Crippen molar-refractivity contribution in [1.82, 2.24) is 0 Å². The summed E-state index contributed by atoms with van der Waals surface area (Å²) in [7, 11) is 0. The molecular weight excluding hydrogens is 484 g/mol. The number of quaternary nitrogens is 1. The molecule has 2 heteroatoms. The molecule has 0 atom stereocenters. The number of aromatic nitrogens is 1. The van der Waals surface area contributed by atoms with Crippen molar-refractivity contribution in [2.45, 2.75) is 195 Å². The molecule has 0 radical (unpaired) electrons. The van der Waals surface area contributed by atoms with Gasteiger partial charge in [-0.05, 0) is 51.0 Å². The lowest BCUT2D eigenvalue weighted by Crippen LogP contribution is -2.52. The normalized spacial score (nSPS) is 11.9.